The fraction of sp³-hybridized carbons (Fsp3) is 0.923. The van der Waals surface area contributed by atoms with Crippen molar-refractivity contribution in [3.05, 3.63) is 0 Å². The van der Waals surface area contributed by atoms with Crippen LogP contribution in [0.1, 0.15) is 212 Å². The predicted octanol–water partition coefficient (Wildman–Crippen LogP) is 10.5. The van der Waals surface area contributed by atoms with Crippen LogP contribution in [0.5, 0.6) is 0 Å². The summed E-state index contributed by atoms with van der Waals surface area (Å²) in [5.74, 6) is -1.62. The SMILES string of the molecule is CCCCCCCCCCCCCCCC(=O)OCC(O)CO.O=C(O)CCCCCCCCCCCCCCCCCCC(=O)O. The number of hydrogen-bond acceptors (Lipinski definition) is 6. The summed E-state index contributed by atoms with van der Waals surface area (Å²) in [4.78, 5) is 32.1. The van der Waals surface area contributed by atoms with Gasteiger partial charge in [0.25, 0.3) is 0 Å². The lowest BCUT2D eigenvalue weighted by Gasteiger charge is -2.08. The smallest absolute Gasteiger partial charge is 0.305 e. The van der Waals surface area contributed by atoms with Crippen molar-refractivity contribution in [1.29, 1.82) is 0 Å². The van der Waals surface area contributed by atoms with Gasteiger partial charge < -0.3 is 25.2 Å². The van der Waals surface area contributed by atoms with E-state index < -0.39 is 18.0 Å². The average molecular weight is 673 g/mol. The summed E-state index contributed by atoms with van der Waals surface area (Å²) in [5, 5.41) is 34.7. The third-order valence-electron chi connectivity index (χ3n) is 8.66. The number of ether oxygens (including phenoxy) is 1. The first-order valence-electron chi connectivity index (χ1n) is 19.7. The Morgan fingerprint density at radius 2 is 0.702 bits per heavy atom. The highest BCUT2D eigenvalue weighted by molar-refractivity contribution is 5.69. The first kappa shape index (κ1) is 47.4. The lowest BCUT2D eigenvalue weighted by Crippen LogP contribution is -2.21. The van der Waals surface area contributed by atoms with E-state index in [1.165, 1.54) is 148 Å². The minimum atomic E-state index is -0.953. The van der Waals surface area contributed by atoms with Gasteiger partial charge in [0.2, 0.25) is 0 Å². The predicted molar refractivity (Wildman–Crippen MR) is 193 cm³/mol. The maximum absolute atomic E-state index is 11.3. The molecule has 0 amide bonds. The van der Waals surface area contributed by atoms with Crippen LogP contribution in [0.25, 0.3) is 0 Å². The van der Waals surface area contributed by atoms with Crippen LogP contribution in [0.3, 0.4) is 0 Å². The summed E-state index contributed by atoms with van der Waals surface area (Å²) >= 11 is 0. The number of carbonyl (C=O) groups excluding carboxylic acids is 1. The second kappa shape index (κ2) is 40.5. The summed E-state index contributed by atoms with van der Waals surface area (Å²) in [6, 6.07) is 0. The van der Waals surface area contributed by atoms with Gasteiger partial charge in [0.15, 0.2) is 0 Å². The lowest BCUT2D eigenvalue weighted by molar-refractivity contribution is -0.147. The highest BCUT2D eigenvalue weighted by Crippen LogP contribution is 2.15. The Kier molecular flexibility index (Phi) is 40.9. The number of rotatable bonds is 36. The molecular formula is C39H76O8. The zero-order valence-corrected chi connectivity index (χ0v) is 30.5. The first-order chi connectivity index (χ1) is 22.8. The molecule has 0 radical (unpaired) electrons. The van der Waals surface area contributed by atoms with Crippen molar-refractivity contribution >= 4 is 17.9 Å². The molecule has 47 heavy (non-hydrogen) atoms. The topological polar surface area (TPSA) is 141 Å². The van der Waals surface area contributed by atoms with Gasteiger partial charge in [-0.1, -0.05) is 174 Å². The number of aliphatic hydroxyl groups excluding tert-OH is 2. The van der Waals surface area contributed by atoms with E-state index in [1.807, 2.05) is 0 Å². The van der Waals surface area contributed by atoms with Crippen LogP contribution in [0, 0.1) is 0 Å². The second-order valence-electron chi connectivity index (χ2n) is 13.5. The molecule has 0 aliphatic heterocycles. The number of aliphatic hydroxyl groups is 2. The van der Waals surface area contributed by atoms with E-state index in [0.717, 1.165) is 38.5 Å². The standard InChI is InChI=1S/C20H38O4.C19H38O4/c21-19(22)17-15-13-11-9-7-5-3-1-2-4-6-8-10-12-14-16-18-20(23)24;1-2-3-4-5-6-7-8-9-10-11-12-13-14-15-19(22)23-17-18(21)16-20/h1-18H2,(H,21,22)(H,23,24);18,20-21H,2-17H2,1H3. The van der Waals surface area contributed by atoms with Crippen LogP contribution >= 0.6 is 0 Å². The average Bonchev–Trinajstić information content (AvgIpc) is 3.05. The van der Waals surface area contributed by atoms with Crippen LogP contribution < -0.4 is 0 Å². The van der Waals surface area contributed by atoms with E-state index in [9.17, 15) is 14.4 Å². The number of esters is 1. The van der Waals surface area contributed by atoms with Crippen molar-refractivity contribution in [2.24, 2.45) is 0 Å². The van der Waals surface area contributed by atoms with E-state index in [2.05, 4.69) is 6.92 Å². The number of hydrogen-bond donors (Lipinski definition) is 4. The molecule has 4 N–H and O–H groups in total. The Labute approximate surface area is 288 Å². The molecule has 0 aromatic carbocycles. The summed E-state index contributed by atoms with van der Waals surface area (Å²) in [7, 11) is 0. The highest BCUT2D eigenvalue weighted by Gasteiger charge is 2.07. The van der Waals surface area contributed by atoms with E-state index in [4.69, 9.17) is 25.2 Å². The van der Waals surface area contributed by atoms with Gasteiger partial charge >= 0.3 is 17.9 Å². The van der Waals surface area contributed by atoms with Crippen LogP contribution in [0.15, 0.2) is 0 Å². The molecule has 0 spiro atoms. The normalized spacial score (nSPS) is 11.6. The molecule has 280 valence electrons. The van der Waals surface area contributed by atoms with E-state index in [0.29, 0.717) is 19.3 Å². The van der Waals surface area contributed by atoms with Crippen molar-refractivity contribution in [3.63, 3.8) is 0 Å². The van der Waals surface area contributed by atoms with Gasteiger partial charge in [0, 0.05) is 19.3 Å². The highest BCUT2D eigenvalue weighted by atomic mass is 16.5. The summed E-state index contributed by atoms with van der Waals surface area (Å²) in [6.45, 7) is 1.78. The maximum Gasteiger partial charge on any atom is 0.305 e. The van der Waals surface area contributed by atoms with Crippen molar-refractivity contribution in [2.45, 2.75) is 218 Å². The maximum atomic E-state index is 11.3. The second-order valence-corrected chi connectivity index (χ2v) is 13.5. The first-order valence-corrected chi connectivity index (χ1v) is 19.7. The molecule has 0 aromatic rings. The molecule has 0 fully saturated rings. The Morgan fingerprint density at radius 3 is 0.957 bits per heavy atom. The van der Waals surface area contributed by atoms with Crippen molar-refractivity contribution in [1.82, 2.24) is 0 Å². The fourth-order valence-corrected chi connectivity index (χ4v) is 5.63. The third kappa shape index (κ3) is 46.5. The zero-order valence-electron chi connectivity index (χ0n) is 30.5. The number of carboxylic acid groups (broad SMARTS) is 2. The molecular weight excluding hydrogens is 596 g/mol. The van der Waals surface area contributed by atoms with Gasteiger partial charge in [-0.2, -0.15) is 0 Å². The van der Waals surface area contributed by atoms with Gasteiger partial charge in [-0.15, -0.1) is 0 Å². The Morgan fingerprint density at radius 1 is 0.447 bits per heavy atom. The number of unbranched alkanes of at least 4 members (excludes halogenated alkanes) is 27. The van der Waals surface area contributed by atoms with E-state index in [1.54, 1.807) is 0 Å². The molecule has 0 aliphatic carbocycles. The van der Waals surface area contributed by atoms with Gasteiger partial charge in [-0.05, 0) is 19.3 Å². The van der Waals surface area contributed by atoms with Crippen LogP contribution in [-0.4, -0.2) is 57.7 Å². The number of carbonyl (C=O) groups is 3. The molecule has 0 rings (SSSR count). The molecule has 0 saturated carbocycles. The van der Waals surface area contributed by atoms with E-state index >= 15 is 0 Å². The minimum Gasteiger partial charge on any atom is -0.481 e. The minimum absolute atomic E-state index is 0.103. The van der Waals surface area contributed by atoms with Crippen molar-refractivity contribution in [3.8, 4) is 0 Å². The molecule has 0 bridgehead atoms. The molecule has 8 heteroatoms. The largest absolute Gasteiger partial charge is 0.481 e. The molecule has 8 nitrogen and oxygen atoms in total. The fourth-order valence-electron chi connectivity index (χ4n) is 5.63. The van der Waals surface area contributed by atoms with Gasteiger partial charge in [0.1, 0.15) is 12.7 Å². The Bertz CT molecular complexity index is 639. The number of aliphatic carboxylic acids is 2. The molecule has 1 unspecified atom stereocenters. The van der Waals surface area contributed by atoms with E-state index in [-0.39, 0.29) is 19.2 Å². The van der Waals surface area contributed by atoms with Gasteiger partial charge in [0.05, 0.1) is 6.61 Å². The molecule has 1 atom stereocenters. The third-order valence-corrected chi connectivity index (χ3v) is 8.66. The summed E-state index contributed by atoms with van der Waals surface area (Å²) < 4.78 is 4.85. The quantitative estimate of drug-likeness (QED) is 0.0380. The van der Waals surface area contributed by atoms with Crippen LogP contribution in [-0.2, 0) is 19.1 Å². The van der Waals surface area contributed by atoms with Crippen molar-refractivity contribution in [2.75, 3.05) is 13.2 Å². The number of carboxylic acids is 2. The molecule has 0 saturated heterocycles. The van der Waals surface area contributed by atoms with Gasteiger partial charge in [-0.25, -0.2) is 0 Å². The Balaban J connectivity index is 0. The molecule has 0 heterocycles. The molecule has 0 aromatic heterocycles. The van der Waals surface area contributed by atoms with Crippen molar-refractivity contribution < 1.29 is 39.5 Å². The van der Waals surface area contributed by atoms with Crippen LogP contribution in [0.4, 0.5) is 0 Å². The summed E-state index contributed by atoms with van der Waals surface area (Å²) in [5.41, 5.74) is 0. The molecule has 0 aliphatic rings. The van der Waals surface area contributed by atoms with Crippen LogP contribution in [0.2, 0.25) is 0 Å². The zero-order chi connectivity index (χ0) is 35.1. The van der Waals surface area contributed by atoms with Gasteiger partial charge in [-0.3, -0.25) is 14.4 Å². The summed E-state index contributed by atoms with van der Waals surface area (Å²) in [6.07, 6.45) is 36.0. The Hall–Kier alpha value is -1.67. The lowest BCUT2D eigenvalue weighted by atomic mass is 10.0. The monoisotopic (exact) mass is 673 g/mol.